The first-order chi connectivity index (χ1) is 10.6. The van der Waals surface area contributed by atoms with Crippen LogP contribution >= 0.6 is 0 Å². The van der Waals surface area contributed by atoms with Gasteiger partial charge >= 0.3 is 0 Å². The Morgan fingerprint density at radius 3 is 2.59 bits per heavy atom. The molecule has 0 aromatic carbocycles. The Bertz CT molecular complexity index is 732. The highest BCUT2D eigenvalue weighted by Gasteiger charge is 2.30. The third-order valence-corrected chi connectivity index (χ3v) is 3.38. The van der Waals surface area contributed by atoms with Crippen LogP contribution in [0.2, 0.25) is 0 Å². The highest BCUT2D eigenvalue weighted by molar-refractivity contribution is 5.93. The van der Waals surface area contributed by atoms with E-state index in [1.165, 1.54) is 0 Å². The Morgan fingerprint density at radius 2 is 2.00 bits per heavy atom. The van der Waals surface area contributed by atoms with Crippen LogP contribution in [0.5, 0.6) is 0 Å². The van der Waals surface area contributed by atoms with Crippen LogP contribution in [0.15, 0.2) is 17.1 Å². The summed E-state index contributed by atoms with van der Waals surface area (Å²) < 4.78 is 0. The van der Waals surface area contributed by atoms with Gasteiger partial charge in [0.25, 0.3) is 5.56 Å². The van der Waals surface area contributed by atoms with Crippen molar-refractivity contribution in [3.05, 3.63) is 28.3 Å². The van der Waals surface area contributed by atoms with Crippen molar-refractivity contribution in [2.45, 2.75) is 46.5 Å². The summed E-state index contributed by atoms with van der Waals surface area (Å²) in [5.41, 5.74) is 1.01. The van der Waals surface area contributed by atoms with Gasteiger partial charge in [-0.15, -0.1) is 0 Å². The van der Waals surface area contributed by atoms with Crippen molar-refractivity contribution >= 4 is 22.8 Å². The maximum Gasteiger partial charge on any atom is 0.259 e. The normalized spacial score (nSPS) is 13.7. The number of hydrogen-bond donors (Lipinski definition) is 2. The third-order valence-electron chi connectivity index (χ3n) is 3.38. The van der Waals surface area contributed by atoms with Gasteiger partial charge in [0.15, 0.2) is 0 Å². The van der Waals surface area contributed by atoms with Gasteiger partial charge in [0, 0.05) is 12.1 Å². The molecular formula is C16H22N4O2. The molecule has 3 rings (SSSR count). The Kier molecular flexibility index (Phi) is 4.90. The lowest BCUT2D eigenvalue weighted by Gasteiger charge is -2.10. The van der Waals surface area contributed by atoms with E-state index in [4.69, 9.17) is 0 Å². The number of pyridine rings is 1. The molecule has 0 bridgehead atoms. The van der Waals surface area contributed by atoms with Gasteiger partial charge in [-0.05, 0) is 24.8 Å². The van der Waals surface area contributed by atoms with Crippen LogP contribution in [0.4, 0.5) is 5.95 Å². The van der Waals surface area contributed by atoms with Crippen molar-refractivity contribution in [1.29, 1.82) is 0 Å². The third kappa shape index (κ3) is 3.32. The number of nitrogens with one attached hydrogen (secondary N) is 2. The lowest BCUT2D eigenvalue weighted by molar-refractivity contribution is -0.117. The molecule has 1 aliphatic rings. The number of aromatic nitrogens is 3. The molecule has 6 nitrogen and oxygen atoms in total. The highest BCUT2D eigenvalue weighted by Crippen LogP contribution is 2.30. The molecule has 2 aromatic rings. The predicted octanol–water partition coefficient (Wildman–Crippen LogP) is 2.82. The minimum Gasteiger partial charge on any atom is -0.328 e. The van der Waals surface area contributed by atoms with Crippen molar-refractivity contribution in [3.63, 3.8) is 0 Å². The van der Waals surface area contributed by atoms with Crippen molar-refractivity contribution in [1.82, 2.24) is 15.0 Å². The number of aromatic amines is 1. The summed E-state index contributed by atoms with van der Waals surface area (Å²) in [7, 11) is 0. The summed E-state index contributed by atoms with van der Waals surface area (Å²) in [6, 6.07) is 1.72. The van der Waals surface area contributed by atoms with Gasteiger partial charge in [0.1, 0.15) is 0 Å². The molecule has 1 fully saturated rings. The summed E-state index contributed by atoms with van der Waals surface area (Å²) >= 11 is 0. The second-order valence-corrected chi connectivity index (χ2v) is 5.42. The highest BCUT2D eigenvalue weighted by atomic mass is 16.2. The van der Waals surface area contributed by atoms with Gasteiger partial charge in [-0.25, -0.2) is 9.97 Å². The first-order valence-electron chi connectivity index (χ1n) is 7.76. The Hall–Kier alpha value is -2.24. The van der Waals surface area contributed by atoms with E-state index in [0.29, 0.717) is 16.6 Å². The van der Waals surface area contributed by atoms with Gasteiger partial charge in [-0.3, -0.25) is 14.9 Å². The fourth-order valence-electron chi connectivity index (χ4n) is 2.15. The van der Waals surface area contributed by atoms with Gasteiger partial charge in [-0.2, -0.15) is 0 Å². The number of carbonyl (C=O) groups is 1. The number of nitrogens with zero attached hydrogens (tertiary/aromatic N) is 2. The standard InChI is InChI=1S/C14H16N4O2.C2H6/c1-7(2)11-10-9(5-6-15-13(10)20)16-14(17-11)18-12(19)8-3-4-8;1-2/h5-8H,3-4H2,1-2H3,(H,15,20)(H,16,17,18,19);1-2H3. The van der Waals surface area contributed by atoms with Crippen LogP contribution in [0, 0.1) is 5.92 Å². The van der Waals surface area contributed by atoms with Gasteiger partial charge < -0.3 is 4.98 Å². The molecule has 0 atom stereocenters. The van der Waals surface area contributed by atoms with Crippen molar-refractivity contribution in [3.8, 4) is 0 Å². The maximum atomic E-state index is 11.9. The number of hydrogen-bond acceptors (Lipinski definition) is 4. The van der Waals surface area contributed by atoms with Crippen LogP contribution in [-0.2, 0) is 4.79 Å². The smallest absolute Gasteiger partial charge is 0.259 e. The van der Waals surface area contributed by atoms with E-state index in [-0.39, 0.29) is 29.3 Å². The zero-order valence-electron chi connectivity index (χ0n) is 13.4. The molecule has 2 aromatic heterocycles. The second kappa shape index (κ2) is 6.68. The van der Waals surface area contributed by atoms with Crippen molar-refractivity contribution in [2.24, 2.45) is 5.92 Å². The summed E-state index contributed by atoms with van der Waals surface area (Å²) in [5, 5.41) is 3.23. The molecule has 2 heterocycles. The average molecular weight is 302 g/mol. The Labute approximate surface area is 129 Å². The molecule has 118 valence electrons. The summed E-state index contributed by atoms with van der Waals surface area (Å²) in [6.07, 6.45) is 3.40. The Morgan fingerprint density at radius 1 is 1.32 bits per heavy atom. The fourth-order valence-corrected chi connectivity index (χ4v) is 2.15. The van der Waals surface area contributed by atoms with Crippen LogP contribution in [0.25, 0.3) is 10.9 Å². The van der Waals surface area contributed by atoms with E-state index in [1.54, 1.807) is 12.3 Å². The first-order valence-corrected chi connectivity index (χ1v) is 7.76. The monoisotopic (exact) mass is 302 g/mol. The summed E-state index contributed by atoms with van der Waals surface area (Å²) in [6.45, 7) is 7.92. The molecule has 1 aliphatic carbocycles. The molecule has 1 saturated carbocycles. The van der Waals surface area contributed by atoms with E-state index < -0.39 is 0 Å². The van der Waals surface area contributed by atoms with Crippen LogP contribution in [0.1, 0.15) is 52.1 Å². The van der Waals surface area contributed by atoms with Gasteiger partial charge in [0.05, 0.1) is 16.6 Å². The lowest BCUT2D eigenvalue weighted by atomic mass is 10.1. The minimum atomic E-state index is -0.203. The number of carbonyl (C=O) groups excluding carboxylic acids is 1. The lowest BCUT2D eigenvalue weighted by Crippen LogP contribution is -2.18. The van der Waals surface area contributed by atoms with Crippen LogP contribution in [0.3, 0.4) is 0 Å². The molecule has 6 heteroatoms. The van der Waals surface area contributed by atoms with E-state index in [2.05, 4.69) is 20.3 Å². The molecule has 0 saturated heterocycles. The average Bonchev–Trinajstić information content (AvgIpc) is 3.33. The molecule has 0 spiro atoms. The molecule has 22 heavy (non-hydrogen) atoms. The quantitative estimate of drug-likeness (QED) is 0.912. The number of amides is 1. The zero-order valence-corrected chi connectivity index (χ0v) is 13.4. The SMILES string of the molecule is CC.CC(C)c1nc(NC(=O)C2CC2)nc2cc[nH]c(=O)c12. The molecule has 2 N–H and O–H groups in total. The second-order valence-electron chi connectivity index (χ2n) is 5.42. The minimum absolute atomic E-state index is 0.0381. The van der Waals surface area contributed by atoms with Crippen LogP contribution < -0.4 is 10.9 Å². The van der Waals surface area contributed by atoms with E-state index >= 15 is 0 Å². The van der Waals surface area contributed by atoms with Gasteiger partial charge in [-0.1, -0.05) is 27.7 Å². The number of H-pyrrole nitrogens is 1. The van der Waals surface area contributed by atoms with Crippen LogP contribution in [-0.4, -0.2) is 20.9 Å². The molecule has 1 amide bonds. The van der Waals surface area contributed by atoms with Gasteiger partial charge in [0.2, 0.25) is 11.9 Å². The molecule has 0 unspecified atom stereocenters. The Balaban J connectivity index is 0.000000847. The largest absolute Gasteiger partial charge is 0.328 e. The fraction of sp³-hybridized carbons (Fsp3) is 0.500. The van der Waals surface area contributed by atoms with E-state index in [9.17, 15) is 9.59 Å². The van der Waals surface area contributed by atoms with E-state index in [0.717, 1.165) is 12.8 Å². The van der Waals surface area contributed by atoms with Crippen molar-refractivity contribution < 1.29 is 4.79 Å². The molecular weight excluding hydrogens is 280 g/mol. The summed E-state index contributed by atoms with van der Waals surface area (Å²) in [5.74, 6) is 0.407. The number of rotatable bonds is 3. The van der Waals surface area contributed by atoms with E-state index in [1.807, 2.05) is 27.7 Å². The number of anilines is 1. The molecule has 0 radical (unpaired) electrons. The maximum absolute atomic E-state index is 11.9. The predicted molar refractivity (Wildman–Crippen MR) is 86.9 cm³/mol. The first kappa shape index (κ1) is 16.1. The topological polar surface area (TPSA) is 87.7 Å². The van der Waals surface area contributed by atoms with Crippen molar-refractivity contribution in [2.75, 3.05) is 5.32 Å². The zero-order chi connectivity index (χ0) is 16.3. The summed E-state index contributed by atoms with van der Waals surface area (Å²) in [4.78, 5) is 35.0. The number of fused-ring (bicyclic) bond motifs is 1. The molecule has 0 aliphatic heterocycles.